The number of hydrogen-bond acceptors (Lipinski definition) is 5. The van der Waals surface area contributed by atoms with Crippen LogP contribution in [0.2, 0.25) is 0 Å². The molecule has 6 nitrogen and oxygen atoms in total. The van der Waals surface area contributed by atoms with Crippen LogP contribution < -0.4 is 4.90 Å². The summed E-state index contributed by atoms with van der Waals surface area (Å²) >= 11 is 0. The molecule has 1 aromatic carbocycles. The van der Waals surface area contributed by atoms with Crippen LogP contribution in [0.3, 0.4) is 0 Å². The second-order valence-electron chi connectivity index (χ2n) is 6.50. The van der Waals surface area contributed by atoms with E-state index in [1.807, 2.05) is 6.07 Å². The molecule has 2 aliphatic rings. The predicted molar refractivity (Wildman–Crippen MR) is 79.6 cm³/mol. The number of hydrogen-bond donors (Lipinski definition) is 1. The number of aromatic nitrogens is 2. The Morgan fingerprint density at radius 3 is 2.48 bits per heavy atom. The number of aliphatic carboxylic acids is 1. The van der Waals surface area contributed by atoms with Gasteiger partial charge in [-0.05, 0) is 18.6 Å². The van der Waals surface area contributed by atoms with E-state index in [-0.39, 0.29) is 17.6 Å². The summed E-state index contributed by atoms with van der Waals surface area (Å²) in [6, 6.07) is 4.93. The molecule has 1 N–H and O–H groups in total. The minimum atomic E-state index is -4.60. The first-order chi connectivity index (χ1) is 11.8. The summed E-state index contributed by atoms with van der Waals surface area (Å²) in [5.41, 5.74) is -2.87. The van der Waals surface area contributed by atoms with Crippen LogP contribution in [-0.4, -0.2) is 40.3 Å². The first kappa shape index (κ1) is 15.6. The molecule has 0 amide bonds. The van der Waals surface area contributed by atoms with E-state index in [4.69, 9.17) is 5.26 Å². The average molecular weight is 348 g/mol. The maximum atomic E-state index is 13.6. The van der Waals surface area contributed by atoms with Crippen molar-refractivity contribution >= 4 is 22.7 Å². The molecule has 1 aliphatic carbocycles. The van der Waals surface area contributed by atoms with Gasteiger partial charge in [-0.25, -0.2) is 0 Å². The Hall–Kier alpha value is -2.89. The molecule has 1 aromatic heterocycles. The molecule has 0 bridgehead atoms. The zero-order valence-corrected chi connectivity index (χ0v) is 12.7. The zero-order valence-electron chi connectivity index (χ0n) is 12.7. The Labute approximate surface area is 139 Å². The number of anilines is 1. The second kappa shape index (κ2) is 4.59. The monoisotopic (exact) mass is 348 g/mol. The standard InChI is InChI=1S/C16H11F3N4O2/c17-16(18,19)15-6-14(15,13(24)25)7-23(8-15)10-2-1-9(5-20)11-12(10)22-4-3-21-11/h1-4H,6-8H2,(H,24,25). The summed E-state index contributed by atoms with van der Waals surface area (Å²) in [6.45, 7) is -0.695. The highest BCUT2D eigenvalue weighted by Crippen LogP contribution is 2.75. The van der Waals surface area contributed by atoms with Crippen molar-refractivity contribution < 1.29 is 23.1 Å². The van der Waals surface area contributed by atoms with Crippen molar-refractivity contribution in [3.63, 3.8) is 0 Å². The molecule has 1 saturated heterocycles. The predicted octanol–water partition coefficient (Wildman–Crippen LogP) is 2.34. The minimum Gasteiger partial charge on any atom is -0.481 e. The van der Waals surface area contributed by atoms with Gasteiger partial charge in [0.1, 0.15) is 27.9 Å². The molecule has 2 unspecified atom stereocenters. The summed E-state index contributed by atoms with van der Waals surface area (Å²) in [7, 11) is 0. The van der Waals surface area contributed by atoms with Crippen molar-refractivity contribution in [1.82, 2.24) is 9.97 Å². The highest BCUT2D eigenvalue weighted by atomic mass is 19.4. The third-order valence-electron chi connectivity index (χ3n) is 5.33. The van der Waals surface area contributed by atoms with Crippen LogP contribution in [0.15, 0.2) is 24.5 Å². The van der Waals surface area contributed by atoms with Gasteiger partial charge in [-0.1, -0.05) is 0 Å². The third-order valence-corrected chi connectivity index (χ3v) is 5.33. The Morgan fingerprint density at radius 2 is 1.92 bits per heavy atom. The van der Waals surface area contributed by atoms with E-state index in [9.17, 15) is 23.1 Å². The lowest BCUT2D eigenvalue weighted by atomic mass is 9.96. The van der Waals surface area contributed by atoms with Gasteiger partial charge in [-0.2, -0.15) is 18.4 Å². The maximum Gasteiger partial charge on any atom is 0.397 e. The number of nitrogens with zero attached hydrogens (tertiary/aromatic N) is 4. The third kappa shape index (κ3) is 1.82. The van der Waals surface area contributed by atoms with E-state index in [1.54, 1.807) is 0 Å². The molecular formula is C16H11F3N4O2. The van der Waals surface area contributed by atoms with E-state index in [0.29, 0.717) is 11.2 Å². The van der Waals surface area contributed by atoms with E-state index >= 15 is 0 Å². The van der Waals surface area contributed by atoms with Gasteiger partial charge in [0.25, 0.3) is 0 Å². The first-order valence-electron chi connectivity index (χ1n) is 7.45. The van der Waals surface area contributed by atoms with Crippen molar-refractivity contribution in [2.45, 2.75) is 12.6 Å². The van der Waals surface area contributed by atoms with Gasteiger partial charge < -0.3 is 10.0 Å². The summed E-state index contributed by atoms with van der Waals surface area (Å²) in [5.74, 6) is -1.43. The Bertz CT molecular complexity index is 955. The highest BCUT2D eigenvalue weighted by Gasteiger charge is 2.86. The number of halogens is 3. The van der Waals surface area contributed by atoms with E-state index in [0.717, 1.165) is 0 Å². The lowest BCUT2D eigenvalue weighted by Crippen LogP contribution is -2.34. The van der Waals surface area contributed by atoms with Crippen molar-refractivity contribution in [3.05, 3.63) is 30.1 Å². The molecule has 2 heterocycles. The molecule has 2 atom stereocenters. The molecule has 1 aliphatic heterocycles. The van der Waals surface area contributed by atoms with Crippen LogP contribution in [0.1, 0.15) is 12.0 Å². The molecule has 128 valence electrons. The summed E-state index contributed by atoms with van der Waals surface area (Å²) in [5, 5.41) is 18.5. The molecule has 9 heteroatoms. The Kier molecular flexibility index (Phi) is 2.87. The van der Waals surface area contributed by atoms with Crippen LogP contribution in [0.5, 0.6) is 0 Å². The topological polar surface area (TPSA) is 90.1 Å². The smallest absolute Gasteiger partial charge is 0.397 e. The second-order valence-corrected chi connectivity index (χ2v) is 6.50. The van der Waals surface area contributed by atoms with Gasteiger partial charge in [-0.15, -0.1) is 0 Å². The average Bonchev–Trinajstić information content (AvgIpc) is 3.12. The van der Waals surface area contributed by atoms with Crippen molar-refractivity contribution in [2.75, 3.05) is 18.0 Å². The van der Waals surface area contributed by atoms with Gasteiger partial charge in [0, 0.05) is 25.5 Å². The number of nitriles is 1. The Balaban J connectivity index is 1.83. The highest BCUT2D eigenvalue weighted by molar-refractivity contribution is 5.93. The molecule has 1 saturated carbocycles. The van der Waals surface area contributed by atoms with Gasteiger partial charge in [0.15, 0.2) is 0 Å². The fourth-order valence-corrected chi connectivity index (χ4v) is 3.96. The maximum absolute atomic E-state index is 13.6. The van der Waals surface area contributed by atoms with Gasteiger partial charge >= 0.3 is 12.1 Å². The van der Waals surface area contributed by atoms with Crippen molar-refractivity contribution in [2.24, 2.45) is 10.8 Å². The van der Waals surface area contributed by atoms with E-state index < -0.39 is 35.9 Å². The molecule has 0 spiro atoms. The quantitative estimate of drug-likeness (QED) is 0.896. The van der Waals surface area contributed by atoms with Gasteiger partial charge in [0.2, 0.25) is 0 Å². The fraction of sp³-hybridized carbons (Fsp3) is 0.375. The number of fused-ring (bicyclic) bond motifs is 2. The number of alkyl halides is 3. The van der Waals surface area contributed by atoms with Crippen LogP contribution >= 0.6 is 0 Å². The summed E-state index contributed by atoms with van der Waals surface area (Å²) in [4.78, 5) is 21.2. The summed E-state index contributed by atoms with van der Waals surface area (Å²) < 4.78 is 40.7. The zero-order chi connectivity index (χ0) is 18.0. The van der Waals surface area contributed by atoms with Crippen LogP contribution in [0.4, 0.5) is 18.9 Å². The van der Waals surface area contributed by atoms with Crippen molar-refractivity contribution in [3.8, 4) is 6.07 Å². The van der Waals surface area contributed by atoms with Crippen LogP contribution in [0, 0.1) is 22.2 Å². The number of carboxylic acids is 1. The number of rotatable bonds is 2. The normalized spacial score (nSPS) is 27.8. The lowest BCUT2D eigenvalue weighted by Gasteiger charge is -2.24. The number of benzene rings is 1. The molecular weight excluding hydrogens is 337 g/mol. The largest absolute Gasteiger partial charge is 0.481 e. The van der Waals surface area contributed by atoms with Crippen LogP contribution in [0.25, 0.3) is 11.0 Å². The molecule has 2 fully saturated rings. The van der Waals surface area contributed by atoms with Gasteiger partial charge in [0.05, 0.1) is 11.3 Å². The van der Waals surface area contributed by atoms with E-state index in [1.165, 1.54) is 29.4 Å². The number of piperidine rings is 1. The molecule has 2 aromatic rings. The number of carbonyl (C=O) groups is 1. The lowest BCUT2D eigenvalue weighted by molar-refractivity contribution is -0.194. The summed E-state index contributed by atoms with van der Waals surface area (Å²) in [6.07, 6.45) is -2.23. The Morgan fingerprint density at radius 1 is 1.24 bits per heavy atom. The molecule has 25 heavy (non-hydrogen) atoms. The number of carboxylic acid groups (broad SMARTS) is 1. The molecule has 4 rings (SSSR count). The fourth-order valence-electron chi connectivity index (χ4n) is 3.96. The van der Waals surface area contributed by atoms with Crippen LogP contribution in [-0.2, 0) is 4.79 Å². The van der Waals surface area contributed by atoms with Gasteiger partial charge in [-0.3, -0.25) is 14.8 Å². The first-order valence-corrected chi connectivity index (χ1v) is 7.45. The van der Waals surface area contributed by atoms with E-state index in [2.05, 4.69) is 9.97 Å². The van der Waals surface area contributed by atoms with Crippen molar-refractivity contribution in [1.29, 1.82) is 5.26 Å². The SMILES string of the molecule is N#Cc1ccc(N2CC3(C(=O)O)CC3(C(F)(F)F)C2)c2nccnc12. The molecule has 0 radical (unpaired) electrons. The minimum absolute atomic E-state index is 0.251.